The molecule has 1 aliphatic heterocycles. The molecule has 21 heavy (non-hydrogen) atoms. The van der Waals surface area contributed by atoms with Gasteiger partial charge in [0.05, 0.1) is 13.2 Å². The van der Waals surface area contributed by atoms with Crippen LogP contribution in [0.2, 0.25) is 0 Å². The average Bonchev–Trinajstić information content (AvgIpc) is 3.00. The third kappa shape index (κ3) is 2.50. The van der Waals surface area contributed by atoms with Crippen LogP contribution in [0.1, 0.15) is 23.5 Å². The van der Waals surface area contributed by atoms with Gasteiger partial charge in [-0.05, 0) is 23.8 Å². The van der Waals surface area contributed by atoms with Crippen molar-refractivity contribution in [2.75, 3.05) is 13.9 Å². The molecule has 3 rings (SSSR count). The Kier molecular flexibility index (Phi) is 3.65. The molecule has 106 valence electrons. The number of fused-ring (bicyclic) bond motifs is 1. The largest absolute Gasteiger partial charge is 0.496 e. The number of para-hydroxylation sites is 1. The maximum Gasteiger partial charge on any atom is 0.231 e. The van der Waals surface area contributed by atoms with Crippen LogP contribution in [0, 0.1) is 11.3 Å². The molecule has 2 aromatic carbocycles. The van der Waals surface area contributed by atoms with Crippen molar-refractivity contribution < 1.29 is 14.2 Å². The SMILES string of the molecule is COc1ccccc1C(CC#N)c1ccc2c(c1)OCO2. The maximum atomic E-state index is 9.17. The topological polar surface area (TPSA) is 51.5 Å². The van der Waals surface area contributed by atoms with Gasteiger partial charge in [0.2, 0.25) is 6.79 Å². The van der Waals surface area contributed by atoms with E-state index in [2.05, 4.69) is 6.07 Å². The number of hydrogen-bond donors (Lipinski definition) is 0. The molecule has 0 saturated carbocycles. The lowest BCUT2D eigenvalue weighted by atomic mass is 9.88. The first-order valence-corrected chi connectivity index (χ1v) is 6.73. The Morgan fingerprint density at radius 2 is 2.00 bits per heavy atom. The molecule has 0 bridgehead atoms. The zero-order chi connectivity index (χ0) is 14.7. The van der Waals surface area contributed by atoms with Crippen LogP contribution in [0.25, 0.3) is 0 Å². The molecule has 1 aliphatic rings. The summed E-state index contributed by atoms with van der Waals surface area (Å²) >= 11 is 0. The quantitative estimate of drug-likeness (QED) is 0.861. The van der Waals surface area contributed by atoms with Crippen LogP contribution in [0.15, 0.2) is 42.5 Å². The molecule has 0 aromatic heterocycles. The summed E-state index contributed by atoms with van der Waals surface area (Å²) in [6, 6.07) is 15.8. The van der Waals surface area contributed by atoms with E-state index in [1.54, 1.807) is 7.11 Å². The van der Waals surface area contributed by atoms with Crippen LogP contribution in [-0.2, 0) is 0 Å². The Hall–Kier alpha value is -2.67. The zero-order valence-electron chi connectivity index (χ0n) is 11.7. The summed E-state index contributed by atoms with van der Waals surface area (Å²) in [6.45, 7) is 0.246. The molecule has 0 amide bonds. The first-order chi connectivity index (χ1) is 10.3. The van der Waals surface area contributed by atoms with Crippen LogP contribution >= 0.6 is 0 Å². The van der Waals surface area contributed by atoms with Gasteiger partial charge in [0.1, 0.15) is 5.75 Å². The summed E-state index contributed by atoms with van der Waals surface area (Å²) in [5, 5.41) is 9.17. The van der Waals surface area contributed by atoms with Crippen LogP contribution in [0.3, 0.4) is 0 Å². The molecular weight excluding hydrogens is 266 g/mol. The number of rotatable bonds is 4. The minimum Gasteiger partial charge on any atom is -0.496 e. The van der Waals surface area contributed by atoms with Gasteiger partial charge in [0.25, 0.3) is 0 Å². The number of nitriles is 1. The molecular formula is C17H15NO3. The van der Waals surface area contributed by atoms with E-state index in [0.717, 1.165) is 28.4 Å². The lowest BCUT2D eigenvalue weighted by molar-refractivity contribution is 0.174. The molecule has 0 saturated heterocycles. The lowest BCUT2D eigenvalue weighted by Gasteiger charge is -2.18. The van der Waals surface area contributed by atoms with E-state index in [1.165, 1.54) is 0 Å². The Morgan fingerprint density at radius 1 is 1.19 bits per heavy atom. The summed E-state index contributed by atoms with van der Waals surface area (Å²) in [5.74, 6) is 2.20. The predicted molar refractivity (Wildman–Crippen MR) is 77.6 cm³/mol. The second-order valence-electron chi connectivity index (χ2n) is 4.77. The van der Waals surface area contributed by atoms with E-state index in [-0.39, 0.29) is 12.7 Å². The predicted octanol–water partition coefficient (Wildman–Crippen LogP) is 3.47. The second-order valence-corrected chi connectivity index (χ2v) is 4.77. The highest BCUT2D eigenvalue weighted by Crippen LogP contribution is 2.39. The number of nitrogens with zero attached hydrogens (tertiary/aromatic N) is 1. The smallest absolute Gasteiger partial charge is 0.231 e. The number of methoxy groups -OCH3 is 1. The summed E-state index contributed by atoms with van der Waals surface area (Å²) in [5.41, 5.74) is 2.02. The van der Waals surface area contributed by atoms with Crippen molar-refractivity contribution in [3.8, 4) is 23.3 Å². The van der Waals surface area contributed by atoms with Gasteiger partial charge in [-0.15, -0.1) is 0 Å². The monoisotopic (exact) mass is 281 g/mol. The van der Waals surface area contributed by atoms with E-state index in [1.807, 2.05) is 42.5 Å². The fourth-order valence-electron chi connectivity index (χ4n) is 2.58. The summed E-state index contributed by atoms with van der Waals surface area (Å²) in [4.78, 5) is 0. The normalized spacial score (nSPS) is 13.5. The van der Waals surface area contributed by atoms with Crippen LogP contribution in [0.5, 0.6) is 17.2 Å². The van der Waals surface area contributed by atoms with Crippen LogP contribution in [0.4, 0.5) is 0 Å². The fourth-order valence-corrected chi connectivity index (χ4v) is 2.58. The minimum atomic E-state index is -0.0550. The summed E-state index contributed by atoms with van der Waals surface area (Å²) in [7, 11) is 1.64. The Bertz CT molecular complexity index is 691. The molecule has 0 N–H and O–H groups in total. The van der Waals surface area contributed by atoms with Crippen molar-refractivity contribution in [3.05, 3.63) is 53.6 Å². The molecule has 0 radical (unpaired) electrons. The second kappa shape index (κ2) is 5.76. The molecule has 2 aromatic rings. The molecule has 4 nitrogen and oxygen atoms in total. The third-order valence-corrected chi connectivity index (χ3v) is 3.61. The summed E-state index contributed by atoms with van der Waals surface area (Å²) < 4.78 is 16.2. The number of benzene rings is 2. The Morgan fingerprint density at radius 3 is 2.81 bits per heavy atom. The first kappa shape index (κ1) is 13.3. The highest BCUT2D eigenvalue weighted by molar-refractivity contribution is 5.49. The van der Waals surface area contributed by atoms with Crippen molar-refractivity contribution in [1.82, 2.24) is 0 Å². The third-order valence-electron chi connectivity index (χ3n) is 3.61. The average molecular weight is 281 g/mol. The van der Waals surface area contributed by atoms with Gasteiger partial charge in [-0.1, -0.05) is 24.3 Å². The van der Waals surface area contributed by atoms with Crippen LogP contribution < -0.4 is 14.2 Å². The number of ether oxygens (including phenoxy) is 3. The van der Waals surface area contributed by atoms with Gasteiger partial charge in [-0.3, -0.25) is 0 Å². The minimum absolute atomic E-state index is 0.0550. The molecule has 1 heterocycles. The van der Waals surface area contributed by atoms with Gasteiger partial charge < -0.3 is 14.2 Å². The van der Waals surface area contributed by atoms with Crippen molar-refractivity contribution in [1.29, 1.82) is 5.26 Å². The Labute approximate surface area is 123 Å². The summed E-state index contributed by atoms with van der Waals surface area (Å²) in [6.07, 6.45) is 0.375. The van der Waals surface area contributed by atoms with Crippen molar-refractivity contribution in [3.63, 3.8) is 0 Å². The van der Waals surface area contributed by atoms with Gasteiger partial charge in [-0.25, -0.2) is 0 Å². The molecule has 4 heteroatoms. The van der Waals surface area contributed by atoms with E-state index in [9.17, 15) is 0 Å². The molecule has 1 unspecified atom stereocenters. The molecule has 0 fully saturated rings. The van der Waals surface area contributed by atoms with Crippen molar-refractivity contribution >= 4 is 0 Å². The van der Waals surface area contributed by atoms with Crippen molar-refractivity contribution in [2.45, 2.75) is 12.3 Å². The maximum absolute atomic E-state index is 9.17. The Balaban J connectivity index is 2.04. The highest BCUT2D eigenvalue weighted by atomic mass is 16.7. The number of hydrogen-bond acceptors (Lipinski definition) is 4. The standard InChI is InChI=1S/C17H15NO3/c1-19-15-5-3-2-4-14(15)13(8-9-18)12-6-7-16-17(10-12)21-11-20-16/h2-7,10,13H,8,11H2,1H3. The van der Waals surface area contributed by atoms with E-state index in [0.29, 0.717) is 6.42 Å². The highest BCUT2D eigenvalue weighted by Gasteiger charge is 2.21. The molecule has 1 atom stereocenters. The van der Waals surface area contributed by atoms with Crippen molar-refractivity contribution in [2.24, 2.45) is 0 Å². The van der Waals surface area contributed by atoms with Gasteiger partial charge >= 0.3 is 0 Å². The van der Waals surface area contributed by atoms with Gasteiger partial charge in [0.15, 0.2) is 11.5 Å². The van der Waals surface area contributed by atoms with Gasteiger partial charge in [0, 0.05) is 17.9 Å². The van der Waals surface area contributed by atoms with Gasteiger partial charge in [-0.2, -0.15) is 5.26 Å². The first-order valence-electron chi connectivity index (χ1n) is 6.73. The zero-order valence-corrected chi connectivity index (χ0v) is 11.7. The lowest BCUT2D eigenvalue weighted by Crippen LogP contribution is -2.03. The van der Waals surface area contributed by atoms with Crippen LogP contribution in [-0.4, -0.2) is 13.9 Å². The van der Waals surface area contributed by atoms with E-state index >= 15 is 0 Å². The molecule has 0 aliphatic carbocycles. The molecule has 0 spiro atoms. The van der Waals surface area contributed by atoms with E-state index < -0.39 is 0 Å². The fraction of sp³-hybridized carbons (Fsp3) is 0.235. The van der Waals surface area contributed by atoms with E-state index in [4.69, 9.17) is 19.5 Å².